The van der Waals surface area contributed by atoms with Crippen LogP contribution in [0.4, 0.5) is 5.82 Å². The molecule has 1 saturated carbocycles. The maximum atomic E-state index is 5.95. The summed E-state index contributed by atoms with van der Waals surface area (Å²) in [4.78, 5) is 8.34. The molecule has 0 atom stereocenters. The van der Waals surface area contributed by atoms with E-state index in [1.54, 1.807) is 0 Å². The fourth-order valence-corrected chi connectivity index (χ4v) is 3.42. The first-order valence-corrected chi connectivity index (χ1v) is 8.31. The van der Waals surface area contributed by atoms with E-state index >= 15 is 0 Å². The number of ether oxygens (including phenoxy) is 1. The molecule has 0 saturated heterocycles. The summed E-state index contributed by atoms with van der Waals surface area (Å²) in [7, 11) is 0. The maximum absolute atomic E-state index is 5.95. The van der Waals surface area contributed by atoms with Crippen LogP contribution in [0, 0.1) is 0 Å². The van der Waals surface area contributed by atoms with Gasteiger partial charge in [0, 0.05) is 0 Å². The normalized spacial score (nSPS) is 20.6. The Kier molecular flexibility index (Phi) is 3.74. The minimum absolute atomic E-state index is 0.261. The van der Waals surface area contributed by atoms with Crippen molar-refractivity contribution in [2.24, 2.45) is 0 Å². The molecule has 1 aromatic carbocycles. The molecule has 0 bridgehead atoms. The number of fused-ring (bicyclic) bond motifs is 1. The summed E-state index contributed by atoms with van der Waals surface area (Å²) in [5.74, 6) is 0.448. The third kappa shape index (κ3) is 2.70. The average Bonchev–Trinajstić information content (AvgIpc) is 2.85. The summed E-state index contributed by atoms with van der Waals surface area (Å²) in [6.07, 6.45) is 3.60. The van der Waals surface area contributed by atoms with Gasteiger partial charge in [0.25, 0.3) is 0 Å². The lowest BCUT2D eigenvalue weighted by atomic mass is 9.89. The number of halogens is 1. The molecule has 0 spiro atoms. The Bertz CT molecular complexity index is 829. The van der Waals surface area contributed by atoms with Gasteiger partial charge in [-0.2, -0.15) is 5.10 Å². The molecule has 3 aromatic rings. The van der Waals surface area contributed by atoms with Crippen molar-refractivity contribution in [1.29, 1.82) is 0 Å². The van der Waals surface area contributed by atoms with Crippen LogP contribution in [-0.2, 0) is 11.3 Å². The van der Waals surface area contributed by atoms with Gasteiger partial charge in [0.2, 0.25) is 0 Å². The molecule has 4 rings (SSSR count). The van der Waals surface area contributed by atoms with E-state index in [0.717, 1.165) is 23.9 Å². The third-order valence-corrected chi connectivity index (χ3v) is 4.77. The molecule has 0 aliphatic heterocycles. The van der Waals surface area contributed by atoms with Crippen LogP contribution in [0.5, 0.6) is 0 Å². The van der Waals surface area contributed by atoms with Gasteiger partial charge in [-0.3, -0.25) is 0 Å². The summed E-state index contributed by atoms with van der Waals surface area (Å²) in [5, 5.41) is 5.30. The average molecular weight is 374 g/mol. The van der Waals surface area contributed by atoms with E-state index in [1.165, 1.54) is 11.9 Å². The second-order valence-corrected chi connectivity index (χ2v) is 6.49. The van der Waals surface area contributed by atoms with Gasteiger partial charge in [-0.1, -0.05) is 30.3 Å². The lowest BCUT2D eigenvalue weighted by Crippen LogP contribution is -2.33. The second-order valence-electron chi connectivity index (χ2n) is 5.74. The van der Waals surface area contributed by atoms with Gasteiger partial charge in [-0.05, 0) is 34.3 Å². The Morgan fingerprint density at radius 2 is 2.00 bits per heavy atom. The molecule has 0 amide bonds. The number of benzene rings is 1. The van der Waals surface area contributed by atoms with Gasteiger partial charge in [-0.25, -0.2) is 14.6 Å². The SMILES string of the molecule is Nc1ncnc2c1c(Br)nn2C1CC(OCc2ccccc2)C1. The lowest BCUT2D eigenvalue weighted by molar-refractivity contribution is -0.0375. The van der Waals surface area contributed by atoms with Crippen molar-refractivity contribution in [2.75, 3.05) is 5.73 Å². The molecule has 7 heteroatoms. The van der Waals surface area contributed by atoms with Gasteiger partial charge < -0.3 is 10.5 Å². The molecule has 1 aliphatic rings. The molecule has 0 unspecified atom stereocenters. The summed E-state index contributed by atoms with van der Waals surface area (Å²) in [5.41, 5.74) is 7.88. The number of nitrogens with two attached hydrogens (primary N) is 1. The van der Waals surface area contributed by atoms with Crippen molar-refractivity contribution < 1.29 is 4.74 Å². The zero-order valence-corrected chi connectivity index (χ0v) is 14.0. The highest BCUT2D eigenvalue weighted by Crippen LogP contribution is 2.38. The monoisotopic (exact) mass is 373 g/mol. The number of hydrogen-bond donors (Lipinski definition) is 1. The highest BCUT2D eigenvalue weighted by Gasteiger charge is 2.34. The van der Waals surface area contributed by atoms with E-state index in [2.05, 4.69) is 43.1 Å². The first-order valence-electron chi connectivity index (χ1n) is 7.52. The third-order valence-electron chi connectivity index (χ3n) is 4.22. The fraction of sp³-hybridized carbons (Fsp3) is 0.312. The van der Waals surface area contributed by atoms with E-state index < -0.39 is 0 Å². The van der Waals surface area contributed by atoms with E-state index in [-0.39, 0.29) is 6.10 Å². The quantitative estimate of drug-likeness (QED) is 0.759. The van der Waals surface area contributed by atoms with Crippen LogP contribution in [0.2, 0.25) is 0 Å². The Hall–Kier alpha value is -1.99. The van der Waals surface area contributed by atoms with Crippen molar-refractivity contribution in [1.82, 2.24) is 19.7 Å². The molecule has 1 aliphatic carbocycles. The first-order chi connectivity index (χ1) is 11.2. The van der Waals surface area contributed by atoms with Crippen molar-refractivity contribution in [3.63, 3.8) is 0 Å². The van der Waals surface area contributed by atoms with Crippen LogP contribution in [0.25, 0.3) is 11.0 Å². The van der Waals surface area contributed by atoms with Crippen LogP contribution in [0.3, 0.4) is 0 Å². The van der Waals surface area contributed by atoms with Gasteiger partial charge in [0.15, 0.2) is 5.65 Å². The molecule has 2 N–H and O–H groups in total. The standard InChI is InChI=1S/C16H16BrN5O/c17-14-13-15(18)19-9-20-16(13)22(21-14)11-6-12(7-11)23-8-10-4-2-1-3-5-10/h1-5,9,11-12H,6-8H2,(H2,18,19,20). The number of hydrogen-bond acceptors (Lipinski definition) is 5. The Balaban J connectivity index is 1.43. The van der Waals surface area contributed by atoms with E-state index in [0.29, 0.717) is 23.1 Å². The minimum atomic E-state index is 0.261. The van der Waals surface area contributed by atoms with Crippen molar-refractivity contribution >= 4 is 32.8 Å². The summed E-state index contributed by atoms with van der Waals surface area (Å²) < 4.78 is 8.57. The summed E-state index contributed by atoms with van der Waals surface area (Å²) in [6, 6.07) is 10.5. The van der Waals surface area contributed by atoms with Crippen LogP contribution < -0.4 is 5.73 Å². The molecule has 1 fully saturated rings. The number of anilines is 1. The van der Waals surface area contributed by atoms with E-state index in [9.17, 15) is 0 Å². The molecule has 2 heterocycles. The number of rotatable bonds is 4. The largest absolute Gasteiger partial charge is 0.383 e. The van der Waals surface area contributed by atoms with Crippen molar-refractivity contribution in [2.45, 2.75) is 31.6 Å². The van der Waals surface area contributed by atoms with Crippen LogP contribution in [-0.4, -0.2) is 25.9 Å². The fourth-order valence-electron chi connectivity index (χ4n) is 2.87. The molecule has 2 aromatic heterocycles. The van der Waals surface area contributed by atoms with Gasteiger partial charge in [0.05, 0.1) is 24.1 Å². The minimum Gasteiger partial charge on any atom is -0.383 e. The summed E-state index contributed by atoms with van der Waals surface area (Å²) >= 11 is 3.44. The number of nitrogens with zero attached hydrogens (tertiary/aromatic N) is 4. The predicted molar refractivity (Wildman–Crippen MR) is 90.7 cm³/mol. The highest BCUT2D eigenvalue weighted by atomic mass is 79.9. The molecule has 118 valence electrons. The maximum Gasteiger partial charge on any atom is 0.164 e. The van der Waals surface area contributed by atoms with Gasteiger partial charge >= 0.3 is 0 Å². The lowest BCUT2D eigenvalue weighted by Gasteiger charge is -2.35. The zero-order chi connectivity index (χ0) is 15.8. The molecular formula is C16H16BrN5O. The van der Waals surface area contributed by atoms with Crippen LogP contribution >= 0.6 is 15.9 Å². The summed E-state index contributed by atoms with van der Waals surface area (Å²) in [6.45, 7) is 0.650. The Labute approximate surface area is 141 Å². The molecule has 23 heavy (non-hydrogen) atoms. The Morgan fingerprint density at radius 1 is 1.22 bits per heavy atom. The van der Waals surface area contributed by atoms with Crippen molar-refractivity contribution in [3.05, 3.63) is 46.8 Å². The predicted octanol–water partition coefficient (Wildman–Crippen LogP) is 3.09. The first kappa shape index (κ1) is 14.6. The van der Waals surface area contributed by atoms with Crippen molar-refractivity contribution in [3.8, 4) is 0 Å². The van der Waals surface area contributed by atoms with Crippen LogP contribution in [0.15, 0.2) is 41.3 Å². The van der Waals surface area contributed by atoms with E-state index in [1.807, 2.05) is 22.9 Å². The molecular weight excluding hydrogens is 358 g/mol. The Morgan fingerprint density at radius 3 is 2.78 bits per heavy atom. The smallest absolute Gasteiger partial charge is 0.164 e. The molecule has 6 nitrogen and oxygen atoms in total. The number of nitrogen functional groups attached to an aromatic ring is 1. The number of aromatic nitrogens is 4. The topological polar surface area (TPSA) is 78.9 Å². The highest BCUT2D eigenvalue weighted by molar-refractivity contribution is 9.10. The van der Waals surface area contributed by atoms with Gasteiger partial charge in [-0.15, -0.1) is 0 Å². The zero-order valence-electron chi connectivity index (χ0n) is 12.4. The second kappa shape index (κ2) is 5.90. The van der Waals surface area contributed by atoms with E-state index in [4.69, 9.17) is 10.5 Å². The molecule has 0 radical (unpaired) electrons. The van der Waals surface area contributed by atoms with Gasteiger partial charge in [0.1, 0.15) is 16.7 Å². The van der Waals surface area contributed by atoms with Crippen LogP contribution in [0.1, 0.15) is 24.4 Å².